The zero-order valence-electron chi connectivity index (χ0n) is 11.6. The van der Waals surface area contributed by atoms with Crippen LogP contribution in [0.4, 0.5) is 0 Å². The molecule has 0 aliphatic carbocycles. The number of carboxylic acid groups (broad SMARTS) is 2. The molecule has 0 amide bonds. The van der Waals surface area contributed by atoms with Crippen LogP contribution < -0.4 is 29.6 Å². The maximum Gasteiger partial charge on any atom is 1.00 e. The number of carbonyl (C=O) groups is 2. The van der Waals surface area contributed by atoms with E-state index < -0.39 is 44.2 Å². The first-order chi connectivity index (χ1) is 8.57. The number of aromatic carboxylic acids is 2. The fourth-order valence-corrected chi connectivity index (χ4v) is 2.50. The maximum absolute atomic E-state index is 11.2. The van der Waals surface area contributed by atoms with Gasteiger partial charge in [0, 0.05) is 0 Å². The van der Waals surface area contributed by atoms with E-state index in [-0.39, 0.29) is 36.5 Å². The fraction of sp³-hybridized carbons (Fsp3) is 0.200. The van der Waals surface area contributed by atoms with Gasteiger partial charge in [-0.15, -0.1) is 0 Å². The molecule has 1 aromatic carbocycles. The van der Waals surface area contributed by atoms with E-state index in [2.05, 4.69) is 0 Å². The molecule has 0 spiro atoms. The van der Waals surface area contributed by atoms with Crippen molar-refractivity contribution in [2.45, 2.75) is 17.9 Å². The third kappa shape index (κ3) is 3.78. The fourth-order valence-electron chi connectivity index (χ4n) is 1.60. The summed E-state index contributed by atoms with van der Waals surface area (Å²) in [6.07, 6.45) is -1.35. The molecule has 0 fully saturated rings. The van der Waals surface area contributed by atoms with Crippen molar-refractivity contribution >= 4 is 22.1 Å². The first-order valence-corrected chi connectivity index (χ1v) is 6.30. The van der Waals surface area contributed by atoms with E-state index in [4.69, 9.17) is 14.8 Å². The van der Waals surface area contributed by atoms with E-state index in [0.29, 0.717) is 0 Å². The summed E-state index contributed by atoms with van der Waals surface area (Å²) in [5.74, 6) is -3.49. The molecule has 20 heavy (non-hydrogen) atoms. The van der Waals surface area contributed by atoms with Gasteiger partial charge in [0.05, 0.1) is 17.2 Å². The van der Waals surface area contributed by atoms with Crippen molar-refractivity contribution in [3.63, 3.8) is 0 Å². The van der Waals surface area contributed by atoms with Crippen LogP contribution in [-0.4, -0.2) is 40.2 Å². The Morgan fingerprint density at radius 1 is 1.20 bits per heavy atom. The molecule has 1 unspecified atom stereocenters. The Morgan fingerprint density at radius 2 is 1.70 bits per heavy atom. The van der Waals surface area contributed by atoms with Crippen molar-refractivity contribution in [1.82, 2.24) is 0 Å². The van der Waals surface area contributed by atoms with Crippen molar-refractivity contribution in [3.8, 4) is 0 Å². The van der Waals surface area contributed by atoms with Gasteiger partial charge in [-0.3, -0.25) is 4.55 Å². The summed E-state index contributed by atoms with van der Waals surface area (Å²) in [4.78, 5) is 20.7. The normalized spacial score (nSPS) is 12.3. The number of aliphatic hydroxyl groups excluding tert-OH is 1. The van der Waals surface area contributed by atoms with E-state index >= 15 is 0 Å². The van der Waals surface area contributed by atoms with Crippen LogP contribution in [-0.2, 0) is 10.1 Å². The summed E-state index contributed by atoms with van der Waals surface area (Å²) < 4.78 is 31.4. The molecule has 1 atom stereocenters. The van der Waals surface area contributed by atoms with Gasteiger partial charge in [0.2, 0.25) is 0 Å². The molecule has 4 N–H and O–H groups in total. The number of carboxylic acids is 2. The van der Waals surface area contributed by atoms with Gasteiger partial charge in [-0.1, -0.05) is 6.07 Å². The second kappa shape index (κ2) is 6.66. The minimum absolute atomic E-state index is 0. The van der Waals surface area contributed by atoms with E-state index in [1.807, 2.05) is 0 Å². The van der Waals surface area contributed by atoms with Crippen LogP contribution in [0.15, 0.2) is 17.0 Å². The molecule has 8 nitrogen and oxygen atoms in total. The molecule has 0 radical (unpaired) electrons. The Hall–Kier alpha value is -0.970. The molecule has 0 bridgehead atoms. The second-order valence-corrected chi connectivity index (χ2v) is 5.03. The van der Waals surface area contributed by atoms with Gasteiger partial charge >= 0.3 is 41.5 Å². The topological polar surface area (TPSA) is 149 Å². The number of benzene rings is 1. The van der Waals surface area contributed by atoms with Crippen LogP contribution in [0.3, 0.4) is 0 Å². The summed E-state index contributed by atoms with van der Waals surface area (Å²) in [7, 11) is -5.08. The summed E-state index contributed by atoms with van der Waals surface area (Å²) in [5.41, 5.74) is -2.16. The second-order valence-electron chi connectivity index (χ2n) is 3.67. The maximum atomic E-state index is 11.2. The summed E-state index contributed by atoms with van der Waals surface area (Å²) in [5, 5.41) is 27.2. The predicted molar refractivity (Wildman–Crippen MR) is 61.9 cm³/mol. The largest absolute Gasteiger partial charge is 1.00 e. The number of aliphatic hydroxyl groups is 1. The Morgan fingerprint density at radius 3 is 2.00 bits per heavy atom. The van der Waals surface area contributed by atoms with Crippen molar-refractivity contribution in [2.24, 2.45) is 0 Å². The first-order valence-electron chi connectivity index (χ1n) is 4.86. The third-order valence-corrected chi connectivity index (χ3v) is 3.28. The van der Waals surface area contributed by atoms with Gasteiger partial charge in [-0.05, 0) is 18.6 Å². The molecule has 0 saturated carbocycles. The van der Waals surface area contributed by atoms with Crippen LogP contribution in [0, 0.1) is 0 Å². The summed E-state index contributed by atoms with van der Waals surface area (Å²) in [6.45, 7) is 1.18. The molecule has 1 rings (SSSR count). The number of hydrogen-bond donors (Lipinski definition) is 4. The number of rotatable bonds is 4. The van der Waals surface area contributed by atoms with Crippen LogP contribution in [0.25, 0.3) is 0 Å². The van der Waals surface area contributed by atoms with Gasteiger partial charge in [0.1, 0.15) is 4.90 Å². The van der Waals surface area contributed by atoms with E-state index in [0.717, 1.165) is 12.1 Å². The van der Waals surface area contributed by atoms with Crippen molar-refractivity contribution < 1.29 is 68.9 Å². The molecule has 0 aliphatic heterocycles. The van der Waals surface area contributed by atoms with Gasteiger partial charge in [0.15, 0.2) is 0 Å². The van der Waals surface area contributed by atoms with Crippen LogP contribution >= 0.6 is 0 Å². The molecule has 0 aromatic heterocycles. The van der Waals surface area contributed by atoms with Crippen LogP contribution in [0.2, 0.25) is 0 Å². The molecule has 0 heterocycles. The monoisotopic (exact) mass is 314 g/mol. The molecule has 1 aromatic rings. The molecular weight excluding hydrogens is 303 g/mol. The van der Waals surface area contributed by atoms with Crippen molar-refractivity contribution in [3.05, 3.63) is 28.8 Å². The average Bonchev–Trinajstić information content (AvgIpc) is 2.25. The first kappa shape index (κ1) is 19.0. The summed E-state index contributed by atoms with van der Waals surface area (Å²) >= 11 is 0. The predicted octanol–water partition coefficient (Wildman–Crippen LogP) is -2.50. The summed E-state index contributed by atoms with van der Waals surface area (Å²) in [6, 6.07) is 1.78. The molecule has 106 valence electrons. The average molecular weight is 314 g/mol. The van der Waals surface area contributed by atoms with E-state index in [1.165, 1.54) is 6.92 Å². The van der Waals surface area contributed by atoms with Crippen molar-refractivity contribution in [1.29, 1.82) is 0 Å². The molecule has 0 saturated heterocycles. The Bertz CT molecular complexity index is 655. The minimum Gasteiger partial charge on any atom is -1.00 e. The van der Waals surface area contributed by atoms with Gasteiger partial charge in [0.25, 0.3) is 10.1 Å². The molecule has 0 aliphatic rings. The smallest absolute Gasteiger partial charge is 1.00 e. The van der Waals surface area contributed by atoms with E-state index in [1.54, 1.807) is 0 Å². The van der Waals surface area contributed by atoms with Crippen LogP contribution in [0.1, 0.15) is 40.7 Å². The molecule has 10 heteroatoms. The quantitative estimate of drug-likeness (QED) is 0.352. The van der Waals surface area contributed by atoms with Gasteiger partial charge in [-0.25, -0.2) is 9.59 Å². The van der Waals surface area contributed by atoms with Gasteiger partial charge in [-0.2, -0.15) is 8.42 Å². The Kier molecular flexibility index (Phi) is 6.33. The standard InChI is InChI=1S/C10H10O8S.Na.H/c1-4(11)5-2-3-6(9(12)13)8(19(16,17)18)7(5)10(14)15;;/h2-4,11H,1H3,(H,12,13)(H,14,15)(H,16,17,18);;/q;+1;-1. The minimum atomic E-state index is -5.08. The van der Waals surface area contributed by atoms with E-state index in [9.17, 15) is 23.1 Å². The Balaban J connectivity index is 0. The van der Waals surface area contributed by atoms with Crippen molar-refractivity contribution in [2.75, 3.05) is 0 Å². The van der Waals surface area contributed by atoms with Gasteiger partial charge < -0.3 is 16.7 Å². The number of hydrogen-bond acceptors (Lipinski definition) is 5. The Labute approximate surface area is 137 Å². The SMILES string of the molecule is CC(O)c1ccc(C(=O)O)c(S(=O)(=O)O)c1C(=O)O.[H-].[Na+]. The zero-order chi connectivity index (χ0) is 15.0. The third-order valence-electron chi connectivity index (χ3n) is 2.34. The zero-order valence-corrected chi connectivity index (χ0v) is 13.4. The molecular formula is C10H11NaO8S. The van der Waals surface area contributed by atoms with Crippen LogP contribution in [0.5, 0.6) is 0 Å².